The lowest BCUT2D eigenvalue weighted by molar-refractivity contribution is 0.465. The van der Waals surface area contributed by atoms with Crippen molar-refractivity contribution in [2.24, 2.45) is 0 Å². The van der Waals surface area contributed by atoms with Crippen LogP contribution in [0.4, 0.5) is 11.4 Å². The zero-order valence-corrected chi connectivity index (χ0v) is 5.94. The van der Waals surface area contributed by atoms with Crippen molar-refractivity contribution < 1.29 is 10.2 Å². The number of nitrogens with zero attached hydrogens (tertiary/aromatic N) is 2. The Morgan fingerprint density at radius 2 is 1.25 bits per heavy atom. The van der Waals surface area contributed by atoms with Gasteiger partial charge in [-0.15, -0.1) is 0 Å². The molecule has 1 aromatic rings. The van der Waals surface area contributed by atoms with Crippen molar-refractivity contribution in [3.8, 4) is 11.5 Å². The number of phenols is 2. The molecule has 1 aromatic carbocycles. The summed E-state index contributed by atoms with van der Waals surface area (Å²) in [5.41, 5.74) is -0.407. The predicted octanol–water partition coefficient (Wildman–Crippen LogP) is 2.20. The van der Waals surface area contributed by atoms with Gasteiger partial charge in [-0.3, -0.25) is 0 Å². The molecule has 0 aliphatic rings. The lowest BCUT2D eigenvalue weighted by Gasteiger charge is -1.99. The highest BCUT2D eigenvalue weighted by molar-refractivity contribution is 5.81. The molecule has 0 spiro atoms. The normalized spacial score (nSPS) is 8.50. The van der Waals surface area contributed by atoms with Crippen LogP contribution in [0.5, 0.6) is 11.5 Å². The van der Waals surface area contributed by atoms with Crippen LogP contribution >= 0.6 is 0 Å². The fourth-order valence-corrected chi connectivity index (χ4v) is 0.779. The zero-order valence-electron chi connectivity index (χ0n) is 5.94. The average molecular weight is 160 g/mol. The van der Waals surface area contributed by atoms with Gasteiger partial charge < -0.3 is 10.2 Å². The molecule has 0 atom stereocenters. The molecule has 4 heteroatoms. The second-order valence-corrected chi connectivity index (χ2v) is 2.02. The van der Waals surface area contributed by atoms with Crippen LogP contribution in [-0.2, 0) is 0 Å². The number of hydrogen-bond donors (Lipinski definition) is 2. The summed E-state index contributed by atoms with van der Waals surface area (Å²) in [5.74, 6) is -0.567. The van der Waals surface area contributed by atoms with E-state index in [1.54, 1.807) is 0 Å². The maximum atomic E-state index is 9.08. The van der Waals surface area contributed by atoms with Gasteiger partial charge in [0.2, 0.25) is 11.4 Å². The molecule has 0 amide bonds. The lowest BCUT2D eigenvalue weighted by Crippen LogP contribution is -1.68. The van der Waals surface area contributed by atoms with Gasteiger partial charge in [-0.25, -0.2) is 9.69 Å². The summed E-state index contributed by atoms with van der Waals surface area (Å²) in [6.07, 6.45) is 0. The fraction of sp³-hybridized carbons (Fsp3) is 0. The van der Waals surface area contributed by atoms with Gasteiger partial charge in [0.25, 0.3) is 0 Å². The summed E-state index contributed by atoms with van der Waals surface area (Å²) >= 11 is 0. The molecule has 0 saturated carbocycles. The molecular weight excluding hydrogens is 156 g/mol. The Hall–Kier alpha value is -2.20. The standard InChI is InChI=1S/C8H4N2O2/c1-9-7-5(11)3-4-6(12)8(7)10-2/h3-4,11-12H. The first kappa shape index (κ1) is 7.90. The molecule has 0 radical (unpaired) electrons. The van der Waals surface area contributed by atoms with Crippen molar-refractivity contribution in [3.63, 3.8) is 0 Å². The highest BCUT2D eigenvalue weighted by atomic mass is 16.3. The highest BCUT2D eigenvalue weighted by Crippen LogP contribution is 2.43. The van der Waals surface area contributed by atoms with Crippen molar-refractivity contribution >= 4 is 11.4 Å². The quantitative estimate of drug-likeness (QED) is 0.451. The number of aromatic hydroxyl groups is 2. The number of hydrogen-bond acceptors (Lipinski definition) is 2. The van der Waals surface area contributed by atoms with Crippen molar-refractivity contribution in [2.75, 3.05) is 0 Å². The van der Waals surface area contributed by atoms with Gasteiger partial charge in [-0.2, -0.15) is 0 Å². The van der Waals surface area contributed by atoms with Gasteiger partial charge in [0.15, 0.2) is 0 Å². The molecule has 0 aliphatic heterocycles. The highest BCUT2D eigenvalue weighted by Gasteiger charge is 2.12. The van der Waals surface area contributed by atoms with Crippen LogP contribution in [0.3, 0.4) is 0 Å². The van der Waals surface area contributed by atoms with Gasteiger partial charge in [0, 0.05) is 0 Å². The van der Waals surface area contributed by atoms with Crippen LogP contribution in [0.1, 0.15) is 0 Å². The molecule has 58 valence electrons. The summed E-state index contributed by atoms with van der Waals surface area (Å²) in [7, 11) is 0. The largest absolute Gasteiger partial charge is 0.521 e. The number of benzene rings is 1. The topological polar surface area (TPSA) is 49.2 Å². The Labute approximate surface area is 69.0 Å². The van der Waals surface area contributed by atoms with E-state index in [-0.39, 0.29) is 22.9 Å². The zero-order chi connectivity index (χ0) is 9.14. The van der Waals surface area contributed by atoms with E-state index >= 15 is 0 Å². The van der Waals surface area contributed by atoms with E-state index < -0.39 is 0 Å². The van der Waals surface area contributed by atoms with Gasteiger partial charge >= 0.3 is 0 Å². The summed E-state index contributed by atoms with van der Waals surface area (Å²) < 4.78 is 0. The van der Waals surface area contributed by atoms with Gasteiger partial charge in [-0.05, 0) is 12.1 Å². The molecule has 12 heavy (non-hydrogen) atoms. The van der Waals surface area contributed by atoms with Crippen molar-refractivity contribution in [2.45, 2.75) is 0 Å². The van der Waals surface area contributed by atoms with E-state index in [4.69, 9.17) is 23.4 Å². The third-order valence-electron chi connectivity index (χ3n) is 1.33. The maximum absolute atomic E-state index is 9.08. The van der Waals surface area contributed by atoms with E-state index in [1.165, 1.54) is 12.1 Å². The van der Waals surface area contributed by atoms with E-state index in [2.05, 4.69) is 9.69 Å². The second-order valence-electron chi connectivity index (χ2n) is 2.02. The monoisotopic (exact) mass is 160 g/mol. The Kier molecular flexibility index (Phi) is 1.85. The lowest BCUT2D eigenvalue weighted by atomic mass is 10.2. The second kappa shape index (κ2) is 2.81. The van der Waals surface area contributed by atoms with Crippen LogP contribution < -0.4 is 0 Å². The van der Waals surface area contributed by atoms with Crippen LogP contribution in [0.15, 0.2) is 12.1 Å². The molecule has 0 unspecified atom stereocenters. The molecule has 0 fully saturated rings. The molecule has 0 heterocycles. The van der Waals surface area contributed by atoms with Crippen LogP contribution in [0, 0.1) is 13.1 Å². The Morgan fingerprint density at radius 1 is 0.917 bits per heavy atom. The van der Waals surface area contributed by atoms with E-state index in [0.29, 0.717) is 0 Å². The Balaban J connectivity index is 3.55. The van der Waals surface area contributed by atoms with E-state index in [1.807, 2.05) is 0 Å². The minimum Gasteiger partial charge on any atom is -0.521 e. The molecule has 0 aliphatic carbocycles. The predicted molar refractivity (Wildman–Crippen MR) is 42.3 cm³/mol. The third-order valence-corrected chi connectivity index (χ3v) is 1.33. The van der Waals surface area contributed by atoms with Crippen LogP contribution in [0.25, 0.3) is 9.69 Å². The first-order chi connectivity index (χ1) is 5.70. The molecule has 4 nitrogen and oxygen atoms in total. The summed E-state index contributed by atoms with van der Waals surface area (Å²) in [6.45, 7) is 13.3. The van der Waals surface area contributed by atoms with Gasteiger partial charge in [0.05, 0.1) is 13.1 Å². The molecule has 2 N–H and O–H groups in total. The van der Waals surface area contributed by atoms with E-state index in [9.17, 15) is 0 Å². The van der Waals surface area contributed by atoms with Gasteiger partial charge in [-0.1, -0.05) is 0 Å². The van der Waals surface area contributed by atoms with Crippen molar-refractivity contribution in [3.05, 3.63) is 35.0 Å². The van der Waals surface area contributed by atoms with Crippen molar-refractivity contribution in [1.82, 2.24) is 0 Å². The molecule has 1 rings (SSSR count). The molecular formula is C8H4N2O2. The van der Waals surface area contributed by atoms with Crippen molar-refractivity contribution in [1.29, 1.82) is 0 Å². The third kappa shape index (κ3) is 1.02. The number of phenolic OH excluding ortho intramolecular Hbond substituents is 2. The van der Waals surface area contributed by atoms with Gasteiger partial charge in [0.1, 0.15) is 11.5 Å². The summed E-state index contributed by atoms with van der Waals surface area (Å²) in [6, 6.07) is 2.36. The minimum absolute atomic E-state index is 0.204. The molecule has 0 bridgehead atoms. The fourth-order valence-electron chi connectivity index (χ4n) is 0.779. The number of rotatable bonds is 0. The first-order valence-corrected chi connectivity index (χ1v) is 3.00. The Morgan fingerprint density at radius 3 is 1.50 bits per heavy atom. The van der Waals surface area contributed by atoms with Crippen LogP contribution in [-0.4, -0.2) is 10.2 Å². The molecule has 0 aromatic heterocycles. The molecule has 0 saturated heterocycles. The van der Waals surface area contributed by atoms with Crippen LogP contribution in [0.2, 0.25) is 0 Å². The summed E-state index contributed by atoms with van der Waals surface area (Å²) in [4.78, 5) is 5.86. The smallest absolute Gasteiger partial charge is 0.238 e. The minimum atomic E-state index is -0.284. The van der Waals surface area contributed by atoms with E-state index in [0.717, 1.165) is 0 Å². The first-order valence-electron chi connectivity index (χ1n) is 3.00. The summed E-state index contributed by atoms with van der Waals surface area (Å²) in [5, 5.41) is 18.2. The average Bonchev–Trinajstić information content (AvgIpc) is 2.08. The SMILES string of the molecule is [C-]#[N+]c1c(O)ccc(O)c1[N+]#[C-]. The Bertz CT molecular complexity index is 360. The maximum Gasteiger partial charge on any atom is 0.238 e.